The maximum Gasteiger partial charge on any atom is 0.409 e. The van der Waals surface area contributed by atoms with Crippen molar-refractivity contribution >= 4 is 35.5 Å². The van der Waals surface area contributed by atoms with Crippen LogP contribution in [0.5, 0.6) is 0 Å². The van der Waals surface area contributed by atoms with Gasteiger partial charge in [0.15, 0.2) is 0 Å². The van der Waals surface area contributed by atoms with E-state index in [9.17, 15) is 24.0 Å². The maximum atomic E-state index is 13.2. The quantitative estimate of drug-likeness (QED) is 0.183. The van der Waals surface area contributed by atoms with Gasteiger partial charge < -0.3 is 36.6 Å². The molecule has 0 saturated carbocycles. The summed E-state index contributed by atoms with van der Waals surface area (Å²) < 4.78 is 5.33. The molecule has 12 nitrogen and oxygen atoms in total. The largest absolute Gasteiger partial charge is 0.445 e. The molecule has 0 spiro atoms. The lowest BCUT2D eigenvalue weighted by Gasteiger charge is -2.25. The first-order valence-electron chi connectivity index (χ1n) is 13.9. The number of anilines is 1. The lowest BCUT2D eigenvalue weighted by molar-refractivity contribution is -0.132. The van der Waals surface area contributed by atoms with Gasteiger partial charge in [0.1, 0.15) is 18.7 Å². The summed E-state index contributed by atoms with van der Waals surface area (Å²) in [6.45, 7) is 8.49. The summed E-state index contributed by atoms with van der Waals surface area (Å²) in [4.78, 5) is 63.0. The van der Waals surface area contributed by atoms with E-state index in [0.29, 0.717) is 31.5 Å². The molecule has 0 aromatic heterocycles. The zero-order chi connectivity index (χ0) is 30.1. The third kappa shape index (κ3) is 13.3. The van der Waals surface area contributed by atoms with Crippen LogP contribution in [-0.4, -0.2) is 67.0 Å². The highest BCUT2D eigenvalue weighted by molar-refractivity contribution is 5.98. The Bertz CT molecular complexity index is 969. The van der Waals surface area contributed by atoms with Gasteiger partial charge >= 0.3 is 12.1 Å². The van der Waals surface area contributed by atoms with Crippen molar-refractivity contribution in [2.45, 2.75) is 84.9 Å². The molecule has 0 unspecified atom stereocenters. The van der Waals surface area contributed by atoms with Gasteiger partial charge in [-0.3, -0.25) is 14.4 Å². The van der Waals surface area contributed by atoms with Gasteiger partial charge in [0, 0.05) is 32.2 Å². The molecule has 40 heavy (non-hydrogen) atoms. The Morgan fingerprint density at radius 2 is 1.62 bits per heavy atom. The predicted octanol–water partition coefficient (Wildman–Crippen LogP) is 2.87. The normalized spacial score (nSPS) is 12.2. The number of rotatable bonds is 17. The number of hydrogen-bond acceptors (Lipinski definition) is 6. The molecule has 0 fully saturated rings. The molecule has 1 aromatic rings. The van der Waals surface area contributed by atoms with Crippen LogP contribution in [-0.2, 0) is 25.7 Å². The van der Waals surface area contributed by atoms with Crippen molar-refractivity contribution in [1.82, 2.24) is 20.9 Å². The number of carbonyl (C=O) groups excluding carboxylic acids is 5. The molecular formula is C28H46N6O6. The Labute approximate surface area is 237 Å². The molecule has 1 aromatic carbocycles. The third-order valence-corrected chi connectivity index (χ3v) is 6.09. The molecule has 0 aliphatic carbocycles. The molecular weight excluding hydrogens is 516 g/mol. The Kier molecular flexibility index (Phi) is 15.8. The van der Waals surface area contributed by atoms with Crippen LogP contribution < -0.4 is 27.0 Å². The number of hydrogen-bond donors (Lipinski definition) is 5. The summed E-state index contributed by atoms with van der Waals surface area (Å²) in [6, 6.07) is 4.41. The molecule has 0 saturated heterocycles. The van der Waals surface area contributed by atoms with Crippen molar-refractivity contribution < 1.29 is 28.7 Å². The number of unbranched alkanes of at least 4 members (excludes halogenated alkanes) is 1. The molecule has 6 N–H and O–H groups in total. The fraction of sp³-hybridized carbons (Fsp3) is 0.607. The molecule has 0 heterocycles. The number of amides is 6. The number of nitrogens with one attached hydrogen (secondary N) is 4. The number of primary amides is 1. The average Bonchev–Trinajstić information content (AvgIpc) is 2.91. The van der Waals surface area contributed by atoms with Gasteiger partial charge in [-0.05, 0) is 49.3 Å². The minimum absolute atomic E-state index is 0.0927. The fourth-order valence-electron chi connectivity index (χ4n) is 3.71. The van der Waals surface area contributed by atoms with E-state index in [1.54, 1.807) is 31.3 Å². The van der Waals surface area contributed by atoms with Crippen molar-refractivity contribution in [2.75, 3.05) is 25.5 Å². The summed E-state index contributed by atoms with van der Waals surface area (Å²) >= 11 is 0. The molecule has 0 bridgehead atoms. The van der Waals surface area contributed by atoms with Crippen LogP contribution in [0.1, 0.15) is 71.8 Å². The van der Waals surface area contributed by atoms with Crippen LogP contribution in [0.15, 0.2) is 24.3 Å². The molecule has 1 rings (SSSR count). The van der Waals surface area contributed by atoms with Crippen LogP contribution in [0.4, 0.5) is 15.3 Å². The zero-order valence-electron chi connectivity index (χ0n) is 24.4. The SMILES string of the molecule is CCCCN(C)C(=O)OCc1ccc(NC(=O)[C@H](CCCNC(N)=O)NC(=O)[C@@H](NC(=O)CCC)C(C)C)cc1. The van der Waals surface area contributed by atoms with Gasteiger partial charge in [-0.25, -0.2) is 9.59 Å². The van der Waals surface area contributed by atoms with Crippen molar-refractivity contribution in [1.29, 1.82) is 0 Å². The second kappa shape index (κ2) is 18.5. The predicted molar refractivity (Wildman–Crippen MR) is 153 cm³/mol. The number of carbonyl (C=O) groups is 5. The van der Waals surface area contributed by atoms with E-state index in [1.807, 2.05) is 27.7 Å². The standard InChI is InChI=1S/C28H46N6O6/c1-6-8-17-34(5)28(39)40-18-20-12-14-21(15-13-20)31-25(36)22(11-9-16-30-27(29)38)32-26(37)24(19(3)4)33-23(35)10-7-2/h12-15,19,22,24H,6-11,16-18H2,1-5H3,(H,31,36)(H,32,37)(H,33,35)(H3,29,30,38)/t22-,24-/m0/s1. The number of nitrogens with zero attached hydrogens (tertiary/aromatic N) is 1. The van der Waals surface area contributed by atoms with E-state index in [1.165, 1.54) is 4.90 Å². The molecule has 0 aliphatic heterocycles. The molecule has 0 aliphatic rings. The zero-order valence-corrected chi connectivity index (χ0v) is 24.4. The van der Waals surface area contributed by atoms with Crippen molar-refractivity contribution in [3.63, 3.8) is 0 Å². The van der Waals surface area contributed by atoms with Gasteiger partial charge in [0.05, 0.1) is 0 Å². The molecule has 224 valence electrons. The van der Waals surface area contributed by atoms with E-state index in [0.717, 1.165) is 18.4 Å². The smallest absolute Gasteiger partial charge is 0.409 e. The average molecular weight is 563 g/mol. The highest BCUT2D eigenvalue weighted by Gasteiger charge is 2.28. The number of nitrogens with two attached hydrogens (primary N) is 1. The van der Waals surface area contributed by atoms with Crippen LogP contribution in [0.25, 0.3) is 0 Å². The summed E-state index contributed by atoms with van der Waals surface area (Å²) in [5.41, 5.74) is 6.35. The Hall–Kier alpha value is -3.83. The lowest BCUT2D eigenvalue weighted by Crippen LogP contribution is -2.54. The van der Waals surface area contributed by atoms with Crippen molar-refractivity contribution in [3.8, 4) is 0 Å². The van der Waals surface area contributed by atoms with Crippen LogP contribution in [0, 0.1) is 5.92 Å². The second-order valence-corrected chi connectivity index (χ2v) is 10.0. The summed E-state index contributed by atoms with van der Waals surface area (Å²) in [5.74, 6) is -1.36. The third-order valence-electron chi connectivity index (χ3n) is 6.09. The molecule has 2 atom stereocenters. The highest BCUT2D eigenvalue weighted by Crippen LogP contribution is 2.13. The minimum Gasteiger partial charge on any atom is -0.445 e. The fourth-order valence-corrected chi connectivity index (χ4v) is 3.71. The summed E-state index contributed by atoms with van der Waals surface area (Å²) in [6.07, 6.45) is 3.03. The van der Waals surface area contributed by atoms with Gasteiger partial charge in [-0.1, -0.05) is 46.2 Å². The van der Waals surface area contributed by atoms with Crippen LogP contribution in [0.2, 0.25) is 0 Å². The first kappa shape index (κ1) is 34.2. The molecule has 12 heteroatoms. The first-order valence-corrected chi connectivity index (χ1v) is 13.9. The number of benzene rings is 1. The van der Waals surface area contributed by atoms with Crippen LogP contribution >= 0.6 is 0 Å². The van der Waals surface area contributed by atoms with Gasteiger partial charge in [-0.15, -0.1) is 0 Å². The minimum atomic E-state index is -0.925. The van der Waals surface area contributed by atoms with Gasteiger partial charge in [0.2, 0.25) is 17.7 Å². The molecule has 0 radical (unpaired) electrons. The Morgan fingerprint density at radius 1 is 0.950 bits per heavy atom. The van der Waals surface area contributed by atoms with Crippen molar-refractivity contribution in [2.24, 2.45) is 11.7 Å². The van der Waals surface area contributed by atoms with E-state index in [4.69, 9.17) is 10.5 Å². The Balaban J connectivity index is 2.85. The highest BCUT2D eigenvalue weighted by atomic mass is 16.6. The Morgan fingerprint density at radius 3 is 2.20 bits per heavy atom. The van der Waals surface area contributed by atoms with E-state index >= 15 is 0 Å². The maximum absolute atomic E-state index is 13.2. The van der Waals surface area contributed by atoms with E-state index in [2.05, 4.69) is 21.3 Å². The number of urea groups is 1. The topological polar surface area (TPSA) is 172 Å². The summed E-state index contributed by atoms with van der Waals surface area (Å²) in [7, 11) is 1.69. The summed E-state index contributed by atoms with van der Waals surface area (Å²) in [5, 5.41) is 10.7. The first-order chi connectivity index (χ1) is 19.0. The van der Waals surface area contributed by atoms with Gasteiger partial charge in [-0.2, -0.15) is 0 Å². The van der Waals surface area contributed by atoms with Crippen LogP contribution in [0.3, 0.4) is 0 Å². The monoisotopic (exact) mass is 562 g/mol. The van der Waals surface area contributed by atoms with Crippen molar-refractivity contribution in [3.05, 3.63) is 29.8 Å². The molecule has 6 amide bonds. The number of ether oxygens (including phenoxy) is 1. The van der Waals surface area contributed by atoms with E-state index in [-0.39, 0.29) is 31.4 Å². The van der Waals surface area contributed by atoms with E-state index < -0.39 is 36.0 Å². The lowest BCUT2D eigenvalue weighted by atomic mass is 10.0. The second-order valence-electron chi connectivity index (χ2n) is 10.0. The van der Waals surface area contributed by atoms with Gasteiger partial charge in [0.25, 0.3) is 0 Å².